The lowest BCUT2D eigenvalue weighted by Crippen LogP contribution is -2.34. The molecule has 1 aromatic heterocycles. The molecule has 0 radical (unpaired) electrons. The Morgan fingerprint density at radius 1 is 1.06 bits per heavy atom. The average Bonchev–Trinajstić information content (AvgIpc) is 3.73. The van der Waals surface area contributed by atoms with Crippen molar-refractivity contribution in [1.29, 1.82) is 0 Å². The van der Waals surface area contributed by atoms with Gasteiger partial charge in [0.15, 0.2) is 0 Å². The Balaban J connectivity index is 1.24. The van der Waals surface area contributed by atoms with Gasteiger partial charge in [0.25, 0.3) is 5.91 Å². The van der Waals surface area contributed by atoms with Gasteiger partial charge in [0.05, 0.1) is 17.1 Å². The minimum atomic E-state index is -0.0213. The van der Waals surface area contributed by atoms with Crippen LogP contribution >= 0.6 is 22.9 Å². The molecular weight excluding hydrogens is 442 g/mol. The molecule has 2 amide bonds. The summed E-state index contributed by atoms with van der Waals surface area (Å²) in [6.45, 7) is 0.551. The third-order valence-electron chi connectivity index (χ3n) is 5.78. The van der Waals surface area contributed by atoms with E-state index in [1.807, 2.05) is 58.8 Å². The predicted octanol–water partition coefficient (Wildman–Crippen LogP) is 5.09. The number of rotatable bonds is 8. The number of carbonyl (C=O) groups excluding carboxylic acids is 2. The van der Waals surface area contributed by atoms with Gasteiger partial charge in [0.2, 0.25) is 5.91 Å². The molecule has 5 rings (SSSR count). The summed E-state index contributed by atoms with van der Waals surface area (Å²) in [7, 11) is 0. The van der Waals surface area contributed by atoms with Gasteiger partial charge in [-0.2, -0.15) is 0 Å². The number of nitrogens with zero attached hydrogens (tertiary/aromatic N) is 2. The van der Waals surface area contributed by atoms with E-state index >= 15 is 0 Å². The topological polar surface area (TPSA) is 62.3 Å². The van der Waals surface area contributed by atoms with Crippen LogP contribution in [-0.2, 0) is 17.8 Å². The van der Waals surface area contributed by atoms with Crippen LogP contribution in [0.15, 0.2) is 53.9 Å². The Labute approximate surface area is 196 Å². The first kappa shape index (κ1) is 21.2. The minimum absolute atomic E-state index is 0.0213. The van der Waals surface area contributed by atoms with Gasteiger partial charge < -0.3 is 10.2 Å². The van der Waals surface area contributed by atoms with Gasteiger partial charge in [0.1, 0.15) is 5.01 Å². The molecule has 0 aliphatic heterocycles. The monoisotopic (exact) mass is 465 g/mol. The van der Waals surface area contributed by atoms with Crippen molar-refractivity contribution in [3.8, 4) is 10.6 Å². The Kier molecular flexibility index (Phi) is 5.98. The summed E-state index contributed by atoms with van der Waals surface area (Å²) >= 11 is 7.80. The Morgan fingerprint density at radius 2 is 1.81 bits per heavy atom. The molecule has 0 spiro atoms. The standard InChI is InChI=1S/C25H24ClN3O2S/c26-22-4-2-1-3-21(22)25-28-19(15-32-25)13-23(30)29(20-11-12-20)14-16-5-7-17(8-6-16)24(31)27-18-9-10-18/h1-8,15,18,20H,9-14H2,(H,27,31). The van der Waals surface area contributed by atoms with E-state index < -0.39 is 0 Å². The third-order valence-corrected chi connectivity index (χ3v) is 7.03. The van der Waals surface area contributed by atoms with Crippen LogP contribution in [0.5, 0.6) is 0 Å². The molecule has 2 fully saturated rings. The van der Waals surface area contributed by atoms with Crippen molar-refractivity contribution in [2.45, 2.75) is 50.7 Å². The average molecular weight is 466 g/mol. The second-order valence-electron chi connectivity index (χ2n) is 8.50. The molecule has 32 heavy (non-hydrogen) atoms. The van der Waals surface area contributed by atoms with Crippen molar-refractivity contribution in [2.24, 2.45) is 0 Å². The van der Waals surface area contributed by atoms with Crippen LogP contribution < -0.4 is 5.32 Å². The summed E-state index contributed by atoms with van der Waals surface area (Å²) in [5.41, 5.74) is 3.36. The maximum absolute atomic E-state index is 13.1. The quantitative estimate of drug-likeness (QED) is 0.504. The van der Waals surface area contributed by atoms with Crippen molar-refractivity contribution < 1.29 is 9.59 Å². The first-order chi connectivity index (χ1) is 15.6. The highest BCUT2D eigenvalue weighted by Gasteiger charge is 2.33. The van der Waals surface area contributed by atoms with E-state index in [1.54, 1.807) is 0 Å². The molecule has 0 unspecified atom stereocenters. The van der Waals surface area contributed by atoms with Gasteiger partial charge in [-0.3, -0.25) is 9.59 Å². The zero-order chi connectivity index (χ0) is 22.1. The molecule has 2 aliphatic rings. The van der Waals surface area contributed by atoms with E-state index in [2.05, 4.69) is 10.3 Å². The normalized spacial score (nSPS) is 15.4. The van der Waals surface area contributed by atoms with Crippen molar-refractivity contribution >= 4 is 34.8 Å². The lowest BCUT2D eigenvalue weighted by Gasteiger charge is -2.22. The number of hydrogen-bond donors (Lipinski definition) is 1. The third kappa shape index (κ3) is 5.03. The van der Waals surface area contributed by atoms with Crippen LogP contribution in [0.4, 0.5) is 0 Å². The highest BCUT2D eigenvalue weighted by atomic mass is 35.5. The summed E-state index contributed by atoms with van der Waals surface area (Å²) in [4.78, 5) is 31.9. The molecule has 2 aliphatic carbocycles. The van der Waals surface area contributed by atoms with Gasteiger partial charge in [-0.1, -0.05) is 41.9 Å². The molecule has 5 nitrogen and oxygen atoms in total. The summed E-state index contributed by atoms with van der Waals surface area (Å²) < 4.78 is 0. The number of hydrogen-bond acceptors (Lipinski definition) is 4. The van der Waals surface area contributed by atoms with Crippen molar-refractivity contribution in [1.82, 2.24) is 15.2 Å². The first-order valence-corrected chi connectivity index (χ1v) is 12.2. The Morgan fingerprint density at radius 3 is 2.50 bits per heavy atom. The second-order valence-corrected chi connectivity index (χ2v) is 9.76. The first-order valence-electron chi connectivity index (χ1n) is 11.0. The predicted molar refractivity (Wildman–Crippen MR) is 127 cm³/mol. The van der Waals surface area contributed by atoms with E-state index in [9.17, 15) is 9.59 Å². The molecule has 0 bridgehead atoms. The van der Waals surface area contributed by atoms with Gasteiger partial charge in [-0.25, -0.2) is 4.98 Å². The van der Waals surface area contributed by atoms with Crippen LogP contribution in [-0.4, -0.2) is 33.8 Å². The molecule has 1 heterocycles. The van der Waals surface area contributed by atoms with E-state index in [4.69, 9.17) is 11.6 Å². The molecule has 0 atom stereocenters. The fourth-order valence-corrected chi connectivity index (χ4v) is 4.80. The highest BCUT2D eigenvalue weighted by Crippen LogP contribution is 2.32. The SMILES string of the molecule is O=C(NC1CC1)c1ccc(CN(C(=O)Cc2csc(-c3ccccc3Cl)n2)C2CC2)cc1. The van der Waals surface area contributed by atoms with Crippen molar-refractivity contribution in [3.63, 3.8) is 0 Å². The van der Waals surface area contributed by atoms with Crippen molar-refractivity contribution in [3.05, 3.63) is 75.8 Å². The van der Waals surface area contributed by atoms with Gasteiger partial charge in [-0.05, 0) is 49.4 Å². The van der Waals surface area contributed by atoms with Crippen LogP contribution in [0.2, 0.25) is 5.02 Å². The molecule has 2 aromatic carbocycles. The molecular formula is C25H24ClN3O2S. The largest absolute Gasteiger partial charge is 0.349 e. The van der Waals surface area contributed by atoms with Gasteiger partial charge in [-0.15, -0.1) is 11.3 Å². The van der Waals surface area contributed by atoms with E-state index in [1.165, 1.54) is 11.3 Å². The van der Waals surface area contributed by atoms with Crippen LogP contribution in [0.3, 0.4) is 0 Å². The molecule has 1 N–H and O–H groups in total. The molecule has 2 saturated carbocycles. The summed E-state index contributed by atoms with van der Waals surface area (Å²) in [5.74, 6) is 0.0612. The Bertz CT molecular complexity index is 1140. The number of benzene rings is 2. The zero-order valence-electron chi connectivity index (χ0n) is 17.6. The molecule has 164 valence electrons. The lowest BCUT2D eigenvalue weighted by molar-refractivity contribution is -0.131. The number of carbonyl (C=O) groups is 2. The fourth-order valence-electron chi connectivity index (χ4n) is 3.66. The molecule has 0 saturated heterocycles. The van der Waals surface area contributed by atoms with Crippen LogP contribution in [0.25, 0.3) is 10.6 Å². The Hall–Kier alpha value is -2.70. The maximum atomic E-state index is 13.1. The molecule has 7 heteroatoms. The van der Waals surface area contributed by atoms with Crippen LogP contribution in [0.1, 0.15) is 47.3 Å². The van der Waals surface area contributed by atoms with Crippen molar-refractivity contribution in [2.75, 3.05) is 0 Å². The minimum Gasteiger partial charge on any atom is -0.349 e. The smallest absolute Gasteiger partial charge is 0.251 e. The summed E-state index contributed by atoms with van der Waals surface area (Å²) in [5, 5.41) is 6.43. The summed E-state index contributed by atoms with van der Waals surface area (Å²) in [6, 6.07) is 15.8. The van der Waals surface area contributed by atoms with Crippen LogP contribution in [0, 0.1) is 0 Å². The number of thiazole rings is 1. The van der Waals surface area contributed by atoms with E-state index in [0.717, 1.165) is 47.5 Å². The number of halogens is 1. The van der Waals surface area contributed by atoms with E-state index in [0.29, 0.717) is 29.2 Å². The number of aromatic nitrogens is 1. The fraction of sp³-hybridized carbons (Fsp3) is 0.320. The number of amides is 2. The van der Waals surface area contributed by atoms with Gasteiger partial charge in [0, 0.05) is 35.1 Å². The highest BCUT2D eigenvalue weighted by molar-refractivity contribution is 7.13. The second kappa shape index (κ2) is 9.04. The van der Waals surface area contributed by atoms with Gasteiger partial charge >= 0.3 is 0 Å². The summed E-state index contributed by atoms with van der Waals surface area (Å²) in [6.07, 6.45) is 4.49. The zero-order valence-corrected chi connectivity index (χ0v) is 19.2. The lowest BCUT2D eigenvalue weighted by atomic mass is 10.1. The molecule has 3 aromatic rings. The van der Waals surface area contributed by atoms with E-state index in [-0.39, 0.29) is 18.2 Å². The number of nitrogens with one attached hydrogen (secondary N) is 1. The maximum Gasteiger partial charge on any atom is 0.251 e.